The van der Waals surface area contributed by atoms with E-state index in [9.17, 15) is 4.79 Å². The number of benzene rings is 3. The minimum atomic E-state index is -0.296. The molecule has 0 saturated heterocycles. The van der Waals surface area contributed by atoms with Crippen molar-refractivity contribution in [2.24, 2.45) is 0 Å². The molecule has 3 heteroatoms. The van der Waals surface area contributed by atoms with Crippen LogP contribution in [-0.4, -0.2) is 17.1 Å². The maximum Gasteiger partial charge on any atom is 0.338 e. The molecule has 0 N–H and O–H groups in total. The zero-order valence-electron chi connectivity index (χ0n) is 15.5. The van der Waals surface area contributed by atoms with Crippen LogP contribution in [0.2, 0.25) is 0 Å². The van der Waals surface area contributed by atoms with Crippen LogP contribution in [0.15, 0.2) is 79.0 Å². The predicted octanol–water partition coefficient (Wildman–Crippen LogP) is 5.78. The maximum atomic E-state index is 12.1. The number of rotatable bonds is 4. The molecule has 1 aromatic heterocycles. The molecule has 0 bridgehead atoms. The second-order valence-electron chi connectivity index (χ2n) is 6.57. The Morgan fingerprint density at radius 3 is 2.56 bits per heavy atom. The molecule has 0 amide bonds. The molecular weight excluding hydrogens is 334 g/mol. The molecule has 4 rings (SSSR count). The smallest absolute Gasteiger partial charge is 0.338 e. The minimum absolute atomic E-state index is 0.296. The van der Waals surface area contributed by atoms with Gasteiger partial charge in [-0.05, 0) is 49.7 Å². The second-order valence-corrected chi connectivity index (χ2v) is 6.57. The first-order valence-corrected chi connectivity index (χ1v) is 9.12. The average Bonchev–Trinajstić information content (AvgIpc) is 3.07. The SMILES string of the molecule is CCOC(=O)c1cccc(-n2cc(-c3ccccc3)c3cc(C)ccc32)c1. The van der Waals surface area contributed by atoms with Crippen molar-refractivity contribution in [2.75, 3.05) is 6.61 Å². The first-order chi connectivity index (χ1) is 13.2. The number of nitrogens with zero attached hydrogens (tertiary/aromatic N) is 1. The fourth-order valence-corrected chi connectivity index (χ4v) is 3.40. The van der Waals surface area contributed by atoms with Crippen LogP contribution in [0.25, 0.3) is 27.7 Å². The lowest BCUT2D eigenvalue weighted by Gasteiger charge is -2.08. The lowest BCUT2D eigenvalue weighted by Crippen LogP contribution is -2.05. The molecule has 27 heavy (non-hydrogen) atoms. The number of aryl methyl sites for hydroxylation is 1. The highest BCUT2D eigenvalue weighted by atomic mass is 16.5. The number of carbonyl (C=O) groups excluding carboxylic acids is 1. The van der Waals surface area contributed by atoms with E-state index in [2.05, 4.69) is 60.2 Å². The van der Waals surface area contributed by atoms with Crippen molar-refractivity contribution in [2.45, 2.75) is 13.8 Å². The number of fused-ring (bicyclic) bond motifs is 1. The van der Waals surface area contributed by atoms with Gasteiger partial charge in [0.25, 0.3) is 0 Å². The molecule has 0 fully saturated rings. The van der Waals surface area contributed by atoms with Crippen molar-refractivity contribution >= 4 is 16.9 Å². The number of ether oxygens (including phenoxy) is 1. The van der Waals surface area contributed by atoms with Crippen LogP contribution >= 0.6 is 0 Å². The molecule has 3 nitrogen and oxygen atoms in total. The Labute approximate surface area is 158 Å². The number of hydrogen-bond donors (Lipinski definition) is 0. The van der Waals surface area contributed by atoms with Gasteiger partial charge in [0, 0.05) is 22.8 Å². The summed E-state index contributed by atoms with van der Waals surface area (Å²) in [6.45, 7) is 4.29. The van der Waals surface area contributed by atoms with Gasteiger partial charge in [0.05, 0.1) is 17.7 Å². The third-order valence-corrected chi connectivity index (χ3v) is 4.68. The molecule has 134 valence electrons. The molecule has 4 aromatic rings. The van der Waals surface area contributed by atoms with E-state index in [1.807, 2.05) is 31.2 Å². The van der Waals surface area contributed by atoms with Gasteiger partial charge < -0.3 is 9.30 Å². The van der Waals surface area contributed by atoms with Crippen molar-refractivity contribution in [1.82, 2.24) is 4.57 Å². The van der Waals surface area contributed by atoms with E-state index in [0.717, 1.165) is 11.2 Å². The van der Waals surface area contributed by atoms with E-state index >= 15 is 0 Å². The van der Waals surface area contributed by atoms with Crippen LogP contribution in [-0.2, 0) is 4.74 Å². The summed E-state index contributed by atoms with van der Waals surface area (Å²) in [6.07, 6.45) is 2.14. The van der Waals surface area contributed by atoms with E-state index in [1.54, 1.807) is 6.07 Å². The van der Waals surface area contributed by atoms with Gasteiger partial charge in [-0.3, -0.25) is 0 Å². The summed E-state index contributed by atoms with van der Waals surface area (Å²) in [7, 11) is 0. The van der Waals surface area contributed by atoms with Crippen molar-refractivity contribution in [3.63, 3.8) is 0 Å². The van der Waals surface area contributed by atoms with E-state index in [4.69, 9.17) is 4.74 Å². The van der Waals surface area contributed by atoms with Gasteiger partial charge in [-0.2, -0.15) is 0 Å². The summed E-state index contributed by atoms with van der Waals surface area (Å²) in [5.41, 5.74) is 6.18. The lowest BCUT2D eigenvalue weighted by atomic mass is 10.0. The Morgan fingerprint density at radius 1 is 0.963 bits per heavy atom. The average molecular weight is 355 g/mol. The molecular formula is C24H21NO2. The van der Waals surface area contributed by atoms with E-state index < -0.39 is 0 Å². The molecule has 0 aliphatic rings. The number of carbonyl (C=O) groups is 1. The highest BCUT2D eigenvalue weighted by molar-refractivity contribution is 5.98. The Kier molecular flexibility index (Phi) is 4.51. The molecule has 0 atom stereocenters. The minimum Gasteiger partial charge on any atom is -0.462 e. The summed E-state index contributed by atoms with van der Waals surface area (Å²) in [5.74, 6) is -0.296. The Morgan fingerprint density at radius 2 is 1.78 bits per heavy atom. The molecule has 3 aromatic carbocycles. The summed E-state index contributed by atoms with van der Waals surface area (Å²) in [6, 6.07) is 24.4. The van der Waals surface area contributed by atoms with E-state index in [-0.39, 0.29) is 5.97 Å². The predicted molar refractivity (Wildman–Crippen MR) is 109 cm³/mol. The molecule has 0 spiro atoms. The Bertz CT molecular complexity index is 1110. The van der Waals surface area contributed by atoms with Crippen molar-refractivity contribution in [3.8, 4) is 16.8 Å². The lowest BCUT2D eigenvalue weighted by molar-refractivity contribution is 0.0526. The number of aromatic nitrogens is 1. The highest BCUT2D eigenvalue weighted by Crippen LogP contribution is 2.33. The summed E-state index contributed by atoms with van der Waals surface area (Å²) in [4.78, 5) is 12.1. The van der Waals surface area contributed by atoms with Gasteiger partial charge >= 0.3 is 5.97 Å². The number of hydrogen-bond acceptors (Lipinski definition) is 2. The van der Waals surface area contributed by atoms with Gasteiger partial charge in [-0.15, -0.1) is 0 Å². The fraction of sp³-hybridized carbons (Fsp3) is 0.125. The quantitative estimate of drug-likeness (QED) is 0.434. The largest absolute Gasteiger partial charge is 0.462 e. The standard InChI is InChI=1S/C24H21NO2/c1-3-27-24(26)19-10-7-11-20(15-19)25-16-22(18-8-5-4-6-9-18)21-14-17(2)12-13-23(21)25/h4-16H,3H2,1-2H3. The topological polar surface area (TPSA) is 31.2 Å². The van der Waals surface area contributed by atoms with Gasteiger partial charge in [0.15, 0.2) is 0 Å². The number of esters is 1. The first kappa shape index (κ1) is 17.1. The Balaban J connectivity index is 1.91. The van der Waals surface area contributed by atoms with Crippen LogP contribution in [0.4, 0.5) is 0 Å². The monoisotopic (exact) mass is 355 g/mol. The summed E-state index contributed by atoms with van der Waals surface area (Å²) >= 11 is 0. The van der Waals surface area contributed by atoms with Gasteiger partial charge in [0.1, 0.15) is 0 Å². The molecule has 0 unspecified atom stereocenters. The molecule has 0 aliphatic carbocycles. The maximum absolute atomic E-state index is 12.1. The summed E-state index contributed by atoms with van der Waals surface area (Å²) < 4.78 is 7.29. The van der Waals surface area contributed by atoms with Crippen LogP contribution < -0.4 is 0 Å². The zero-order chi connectivity index (χ0) is 18.8. The van der Waals surface area contributed by atoms with E-state index in [1.165, 1.54) is 22.1 Å². The third-order valence-electron chi connectivity index (χ3n) is 4.68. The first-order valence-electron chi connectivity index (χ1n) is 9.12. The van der Waals surface area contributed by atoms with E-state index in [0.29, 0.717) is 12.2 Å². The fourth-order valence-electron chi connectivity index (χ4n) is 3.40. The van der Waals surface area contributed by atoms with Crippen molar-refractivity contribution in [1.29, 1.82) is 0 Å². The normalized spacial score (nSPS) is 10.9. The highest BCUT2D eigenvalue weighted by Gasteiger charge is 2.13. The third kappa shape index (κ3) is 3.24. The van der Waals surface area contributed by atoms with Gasteiger partial charge in [-0.1, -0.05) is 48.0 Å². The van der Waals surface area contributed by atoms with Crippen molar-refractivity contribution < 1.29 is 9.53 Å². The van der Waals surface area contributed by atoms with Gasteiger partial charge in [-0.25, -0.2) is 4.79 Å². The van der Waals surface area contributed by atoms with Crippen LogP contribution in [0.1, 0.15) is 22.8 Å². The zero-order valence-corrected chi connectivity index (χ0v) is 15.5. The van der Waals surface area contributed by atoms with Gasteiger partial charge in [0.2, 0.25) is 0 Å². The summed E-state index contributed by atoms with van der Waals surface area (Å²) in [5, 5.41) is 1.20. The van der Waals surface area contributed by atoms with Crippen LogP contribution in [0.5, 0.6) is 0 Å². The molecule has 0 aliphatic heterocycles. The molecule has 1 heterocycles. The molecule has 0 radical (unpaired) electrons. The Hall–Kier alpha value is -3.33. The van der Waals surface area contributed by atoms with Crippen LogP contribution in [0.3, 0.4) is 0 Å². The molecule has 0 saturated carbocycles. The second kappa shape index (κ2) is 7.12. The van der Waals surface area contributed by atoms with Crippen LogP contribution in [0, 0.1) is 6.92 Å². The van der Waals surface area contributed by atoms with Crippen molar-refractivity contribution in [3.05, 3.63) is 90.1 Å².